The first-order valence-electron chi connectivity index (χ1n) is 6.88. The molecule has 1 heterocycles. The number of carbonyl (C=O) groups excluding carboxylic acids is 1. The van der Waals surface area contributed by atoms with Crippen molar-refractivity contribution in [1.29, 1.82) is 0 Å². The Morgan fingerprint density at radius 1 is 1.53 bits per heavy atom. The summed E-state index contributed by atoms with van der Waals surface area (Å²) in [4.78, 5) is 11.8. The standard InChI is InChI=1S/C15H22N2O2/c1-12-3-2-4-13(9-12)5-6-15(18)17-11-14-10-16-7-8-19-14/h2-4,9,14,16H,5-8,10-11H2,1H3,(H,17,18). The van der Waals surface area contributed by atoms with E-state index in [-0.39, 0.29) is 12.0 Å². The molecule has 104 valence electrons. The van der Waals surface area contributed by atoms with Gasteiger partial charge < -0.3 is 15.4 Å². The summed E-state index contributed by atoms with van der Waals surface area (Å²) in [6.07, 6.45) is 1.43. The van der Waals surface area contributed by atoms with Gasteiger partial charge in [-0.1, -0.05) is 29.8 Å². The van der Waals surface area contributed by atoms with Crippen molar-refractivity contribution in [2.75, 3.05) is 26.2 Å². The number of hydrogen-bond donors (Lipinski definition) is 2. The highest BCUT2D eigenvalue weighted by Crippen LogP contribution is 2.06. The van der Waals surface area contributed by atoms with E-state index < -0.39 is 0 Å². The smallest absolute Gasteiger partial charge is 0.220 e. The molecule has 4 nitrogen and oxygen atoms in total. The minimum atomic E-state index is 0.0932. The van der Waals surface area contributed by atoms with Gasteiger partial charge in [0.2, 0.25) is 5.91 Å². The highest BCUT2D eigenvalue weighted by Gasteiger charge is 2.13. The first-order valence-corrected chi connectivity index (χ1v) is 6.88. The van der Waals surface area contributed by atoms with E-state index in [2.05, 4.69) is 35.8 Å². The molecular weight excluding hydrogens is 240 g/mol. The lowest BCUT2D eigenvalue weighted by Crippen LogP contribution is -2.45. The second-order valence-electron chi connectivity index (χ2n) is 4.99. The van der Waals surface area contributed by atoms with Crippen molar-refractivity contribution in [3.05, 3.63) is 35.4 Å². The van der Waals surface area contributed by atoms with Gasteiger partial charge in [-0.25, -0.2) is 0 Å². The number of ether oxygens (including phenoxy) is 1. The fraction of sp³-hybridized carbons (Fsp3) is 0.533. The van der Waals surface area contributed by atoms with Crippen molar-refractivity contribution in [1.82, 2.24) is 10.6 Å². The van der Waals surface area contributed by atoms with E-state index in [1.54, 1.807) is 0 Å². The van der Waals surface area contributed by atoms with Gasteiger partial charge in [-0.2, -0.15) is 0 Å². The molecule has 2 N–H and O–H groups in total. The van der Waals surface area contributed by atoms with Crippen molar-refractivity contribution < 1.29 is 9.53 Å². The Balaban J connectivity index is 1.66. The van der Waals surface area contributed by atoms with E-state index >= 15 is 0 Å². The maximum Gasteiger partial charge on any atom is 0.220 e. The highest BCUT2D eigenvalue weighted by atomic mass is 16.5. The van der Waals surface area contributed by atoms with Crippen molar-refractivity contribution in [3.63, 3.8) is 0 Å². The number of amides is 1. The largest absolute Gasteiger partial charge is 0.374 e. The lowest BCUT2D eigenvalue weighted by Gasteiger charge is -2.23. The van der Waals surface area contributed by atoms with Crippen LogP contribution in [0.4, 0.5) is 0 Å². The van der Waals surface area contributed by atoms with Crippen LogP contribution >= 0.6 is 0 Å². The SMILES string of the molecule is Cc1cccc(CCC(=O)NCC2CNCCO2)c1. The zero-order chi connectivity index (χ0) is 13.5. The van der Waals surface area contributed by atoms with Gasteiger partial charge in [-0.05, 0) is 18.9 Å². The zero-order valence-corrected chi connectivity index (χ0v) is 11.4. The molecular formula is C15H22N2O2. The molecule has 1 aromatic carbocycles. The third-order valence-corrected chi connectivity index (χ3v) is 3.25. The summed E-state index contributed by atoms with van der Waals surface area (Å²) in [6.45, 7) is 5.11. The van der Waals surface area contributed by atoms with Gasteiger partial charge in [0.1, 0.15) is 0 Å². The van der Waals surface area contributed by atoms with Crippen LogP contribution in [-0.4, -0.2) is 38.3 Å². The second-order valence-corrected chi connectivity index (χ2v) is 4.99. The monoisotopic (exact) mass is 262 g/mol. The molecule has 0 radical (unpaired) electrons. The Bertz CT molecular complexity index is 414. The minimum absolute atomic E-state index is 0.0932. The fourth-order valence-electron chi connectivity index (χ4n) is 2.19. The van der Waals surface area contributed by atoms with Crippen LogP contribution in [0.2, 0.25) is 0 Å². The average Bonchev–Trinajstić information content (AvgIpc) is 2.44. The zero-order valence-electron chi connectivity index (χ0n) is 11.4. The third-order valence-electron chi connectivity index (χ3n) is 3.25. The Hall–Kier alpha value is -1.39. The van der Waals surface area contributed by atoms with E-state index in [9.17, 15) is 4.79 Å². The molecule has 1 amide bonds. The van der Waals surface area contributed by atoms with Crippen molar-refractivity contribution in [2.45, 2.75) is 25.9 Å². The van der Waals surface area contributed by atoms with Crippen molar-refractivity contribution >= 4 is 5.91 Å². The molecule has 1 aromatic rings. The van der Waals surface area contributed by atoms with Crippen LogP contribution in [0.1, 0.15) is 17.5 Å². The summed E-state index contributed by atoms with van der Waals surface area (Å²) in [7, 11) is 0. The molecule has 1 aliphatic heterocycles. The summed E-state index contributed by atoms with van der Waals surface area (Å²) in [5.74, 6) is 0.0932. The highest BCUT2D eigenvalue weighted by molar-refractivity contribution is 5.76. The van der Waals surface area contributed by atoms with E-state index in [1.165, 1.54) is 11.1 Å². The molecule has 2 rings (SSSR count). The number of benzene rings is 1. The van der Waals surface area contributed by atoms with Crippen LogP contribution in [0.15, 0.2) is 24.3 Å². The summed E-state index contributed by atoms with van der Waals surface area (Å²) in [6, 6.07) is 8.29. The van der Waals surface area contributed by atoms with Gasteiger partial charge in [0.25, 0.3) is 0 Å². The molecule has 1 atom stereocenters. The Kier molecular flexibility index (Phi) is 5.36. The van der Waals surface area contributed by atoms with E-state index in [4.69, 9.17) is 4.74 Å². The summed E-state index contributed by atoms with van der Waals surface area (Å²) < 4.78 is 5.53. The average molecular weight is 262 g/mol. The number of nitrogens with one attached hydrogen (secondary N) is 2. The van der Waals surface area contributed by atoms with E-state index in [0.29, 0.717) is 13.0 Å². The third kappa shape index (κ3) is 5.01. The molecule has 0 aromatic heterocycles. The number of morpholine rings is 1. The Morgan fingerprint density at radius 3 is 3.16 bits per heavy atom. The maximum atomic E-state index is 11.8. The quantitative estimate of drug-likeness (QED) is 0.833. The first-order chi connectivity index (χ1) is 9.24. The Labute approximate surface area is 114 Å². The minimum Gasteiger partial charge on any atom is -0.374 e. The molecule has 0 saturated carbocycles. The maximum absolute atomic E-state index is 11.8. The van der Waals surface area contributed by atoms with Crippen molar-refractivity contribution in [3.8, 4) is 0 Å². The van der Waals surface area contributed by atoms with Gasteiger partial charge >= 0.3 is 0 Å². The lowest BCUT2D eigenvalue weighted by atomic mass is 10.1. The number of hydrogen-bond acceptors (Lipinski definition) is 3. The lowest BCUT2D eigenvalue weighted by molar-refractivity contribution is -0.121. The summed E-state index contributed by atoms with van der Waals surface area (Å²) >= 11 is 0. The molecule has 4 heteroatoms. The van der Waals surface area contributed by atoms with Crippen LogP contribution in [0.5, 0.6) is 0 Å². The van der Waals surface area contributed by atoms with Crippen molar-refractivity contribution in [2.24, 2.45) is 0 Å². The fourth-order valence-corrected chi connectivity index (χ4v) is 2.19. The molecule has 1 saturated heterocycles. The predicted molar refractivity (Wildman–Crippen MR) is 75.1 cm³/mol. The van der Waals surface area contributed by atoms with Crippen LogP contribution in [0, 0.1) is 6.92 Å². The molecule has 19 heavy (non-hydrogen) atoms. The molecule has 1 aliphatic rings. The van der Waals surface area contributed by atoms with E-state index in [1.807, 2.05) is 6.07 Å². The van der Waals surface area contributed by atoms with Gasteiger partial charge in [0, 0.05) is 26.1 Å². The predicted octanol–water partition coefficient (Wildman–Crippen LogP) is 1.03. The number of carbonyl (C=O) groups is 1. The van der Waals surface area contributed by atoms with Crippen LogP contribution < -0.4 is 10.6 Å². The summed E-state index contributed by atoms with van der Waals surface area (Å²) in [5.41, 5.74) is 2.45. The topological polar surface area (TPSA) is 50.4 Å². The van der Waals surface area contributed by atoms with E-state index in [0.717, 1.165) is 26.1 Å². The molecule has 0 bridgehead atoms. The number of rotatable bonds is 5. The molecule has 0 spiro atoms. The van der Waals surface area contributed by atoms with Gasteiger partial charge in [0.15, 0.2) is 0 Å². The van der Waals surface area contributed by atoms with Gasteiger partial charge in [-0.3, -0.25) is 4.79 Å². The second kappa shape index (κ2) is 7.26. The van der Waals surface area contributed by atoms with Crippen LogP contribution in [0.25, 0.3) is 0 Å². The first kappa shape index (κ1) is 14.0. The van der Waals surface area contributed by atoms with Crippen LogP contribution in [0.3, 0.4) is 0 Å². The van der Waals surface area contributed by atoms with Crippen LogP contribution in [-0.2, 0) is 16.0 Å². The molecule has 1 fully saturated rings. The number of aryl methyl sites for hydroxylation is 2. The van der Waals surface area contributed by atoms with Gasteiger partial charge in [0.05, 0.1) is 12.7 Å². The molecule has 1 unspecified atom stereocenters. The Morgan fingerprint density at radius 2 is 2.42 bits per heavy atom. The normalized spacial score (nSPS) is 19.1. The van der Waals surface area contributed by atoms with Gasteiger partial charge in [-0.15, -0.1) is 0 Å². The summed E-state index contributed by atoms with van der Waals surface area (Å²) in [5, 5.41) is 6.18. The molecule has 0 aliphatic carbocycles.